The van der Waals surface area contributed by atoms with Crippen LogP contribution >= 0.6 is 15.9 Å². The zero-order chi connectivity index (χ0) is 18.5. The van der Waals surface area contributed by atoms with Gasteiger partial charge in [-0.3, -0.25) is 4.90 Å². The van der Waals surface area contributed by atoms with Crippen LogP contribution in [0.5, 0.6) is 11.5 Å². The maximum Gasteiger partial charge on any atom is 0.165 e. The van der Waals surface area contributed by atoms with Crippen molar-refractivity contribution in [2.45, 2.75) is 6.42 Å². The van der Waals surface area contributed by atoms with Crippen LogP contribution in [0.4, 0.5) is 10.1 Å². The highest BCUT2D eigenvalue weighted by Crippen LogP contribution is 2.30. The number of piperazine rings is 1. The molecule has 2 aromatic rings. The third kappa shape index (κ3) is 4.48. The second kappa shape index (κ2) is 8.73. The molecular weight excluding hydrogens is 399 g/mol. The summed E-state index contributed by atoms with van der Waals surface area (Å²) in [6.07, 6.45) is 0.892. The first-order valence-electron chi connectivity index (χ1n) is 8.74. The van der Waals surface area contributed by atoms with Crippen molar-refractivity contribution in [3.8, 4) is 11.5 Å². The summed E-state index contributed by atoms with van der Waals surface area (Å²) in [5.41, 5.74) is 2.29. The van der Waals surface area contributed by atoms with Crippen LogP contribution in [0.25, 0.3) is 0 Å². The lowest BCUT2D eigenvalue weighted by Gasteiger charge is -2.36. The van der Waals surface area contributed by atoms with Crippen LogP contribution in [-0.2, 0) is 6.42 Å². The van der Waals surface area contributed by atoms with Gasteiger partial charge >= 0.3 is 0 Å². The fourth-order valence-electron chi connectivity index (χ4n) is 3.22. The van der Waals surface area contributed by atoms with Gasteiger partial charge in [-0.05, 0) is 52.2 Å². The van der Waals surface area contributed by atoms with Crippen molar-refractivity contribution in [1.29, 1.82) is 0 Å². The molecular formula is C20H24BrFN2O2. The molecule has 3 rings (SSSR count). The van der Waals surface area contributed by atoms with Crippen molar-refractivity contribution in [3.05, 3.63) is 52.3 Å². The fourth-order valence-corrected chi connectivity index (χ4v) is 3.63. The van der Waals surface area contributed by atoms with E-state index in [-0.39, 0.29) is 5.82 Å². The average Bonchev–Trinajstić information content (AvgIpc) is 2.68. The third-order valence-electron chi connectivity index (χ3n) is 4.80. The Morgan fingerprint density at radius 3 is 2.38 bits per heavy atom. The molecule has 1 fully saturated rings. The number of hydrogen-bond donors (Lipinski definition) is 0. The number of ether oxygens (including phenoxy) is 2. The van der Waals surface area contributed by atoms with Crippen molar-refractivity contribution in [1.82, 2.24) is 4.90 Å². The van der Waals surface area contributed by atoms with E-state index in [1.807, 2.05) is 12.1 Å². The van der Waals surface area contributed by atoms with E-state index in [1.54, 1.807) is 13.2 Å². The molecule has 140 valence electrons. The summed E-state index contributed by atoms with van der Waals surface area (Å²) >= 11 is 3.50. The van der Waals surface area contributed by atoms with Crippen LogP contribution in [0.1, 0.15) is 5.56 Å². The van der Waals surface area contributed by atoms with Gasteiger partial charge in [0.1, 0.15) is 5.75 Å². The van der Waals surface area contributed by atoms with Crippen LogP contribution < -0.4 is 14.4 Å². The Morgan fingerprint density at radius 2 is 1.69 bits per heavy atom. The Labute approximate surface area is 162 Å². The van der Waals surface area contributed by atoms with E-state index in [9.17, 15) is 4.39 Å². The van der Waals surface area contributed by atoms with Gasteiger partial charge < -0.3 is 14.4 Å². The van der Waals surface area contributed by atoms with E-state index in [0.29, 0.717) is 5.75 Å². The summed E-state index contributed by atoms with van der Waals surface area (Å²) in [4.78, 5) is 4.83. The van der Waals surface area contributed by atoms with Gasteiger partial charge in [-0.2, -0.15) is 0 Å². The number of nitrogens with zero attached hydrogens (tertiary/aromatic N) is 2. The van der Waals surface area contributed by atoms with Gasteiger partial charge in [0.05, 0.1) is 18.7 Å². The van der Waals surface area contributed by atoms with Crippen LogP contribution in [0.15, 0.2) is 40.9 Å². The molecule has 0 bridgehead atoms. The van der Waals surface area contributed by atoms with E-state index < -0.39 is 0 Å². The number of halogens is 2. The molecule has 1 aliphatic heterocycles. The molecule has 1 aliphatic rings. The molecule has 0 amide bonds. The summed E-state index contributed by atoms with van der Waals surface area (Å²) in [5, 5.41) is 0. The molecule has 0 spiro atoms. The molecule has 0 N–H and O–H groups in total. The number of rotatable bonds is 6. The Balaban J connectivity index is 1.52. The predicted molar refractivity (Wildman–Crippen MR) is 106 cm³/mol. The SMILES string of the molecule is COc1cc(CCN2CCN(c3ccc(Br)c(OC)c3)CC2)ccc1F. The zero-order valence-corrected chi connectivity index (χ0v) is 16.8. The van der Waals surface area contributed by atoms with Crippen molar-refractivity contribution < 1.29 is 13.9 Å². The molecule has 0 radical (unpaired) electrons. The minimum atomic E-state index is -0.310. The molecule has 1 heterocycles. The standard InChI is InChI=1S/C20H24BrFN2O2/c1-25-19-14-16(4-5-17(19)21)24-11-9-23(10-12-24)8-7-15-3-6-18(22)20(13-15)26-2/h3-6,13-14H,7-12H2,1-2H3. The van der Waals surface area contributed by atoms with E-state index >= 15 is 0 Å². The lowest BCUT2D eigenvalue weighted by atomic mass is 10.1. The van der Waals surface area contributed by atoms with E-state index in [2.05, 4.69) is 37.9 Å². The highest BCUT2D eigenvalue weighted by atomic mass is 79.9. The molecule has 2 aromatic carbocycles. The minimum Gasteiger partial charge on any atom is -0.495 e. The smallest absolute Gasteiger partial charge is 0.165 e. The Hall–Kier alpha value is -1.79. The van der Waals surface area contributed by atoms with E-state index in [1.165, 1.54) is 18.9 Å². The average molecular weight is 423 g/mol. The highest BCUT2D eigenvalue weighted by molar-refractivity contribution is 9.10. The number of hydrogen-bond acceptors (Lipinski definition) is 4. The van der Waals surface area contributed by atoms with Gasteiger partial charge in [0.2, 0.25) is 0 Å². The summed E-state index contributed by atoms with van der Waals surface area (Å²) in [6, 6.07) is 11.3. The second-order valence-electron chi connectivity index (χ2n) is 6.37. The molecule has 0 saturated carbocycles. The third-order valence-corrected chi connectivity index (χ3v) is 5.46. The fraction of sp³-hybridized carbons (Fsp3) is 0.400. The number of anilines is 1. The molecule has 1 saturated heterocycles. The molecule has 6 heteroatoms. The second-order valence-corrected chi connectivity index (χ2v) is 7.22. The van der Waals surface area contributed by atoms with Crippen LogP contribution in [0.3, 0.4) is 0 Å². The van der Waals surface area contributed by atoms with Crippen molar-refractivity contribution in [2.24, 2.45) is 0 Å². The molecule has 0 atom stereocenters. The maximum absolute atomic E-state index is 13.5. The normalized spacial score (nSPS) is 15.2. The lowest BCUT2D eigenvalue weighted by molar-refractivity contribution is 0.261. The Bertz CT molecular complexity index is 749. The van der Waals surface area contributed by atoms with E-state index in [0.717, 1.165) is 54.9 Å². The maximum atomic E-state index is 13.5. The van der Waals surface area contributed by atoms with Gasteiger partial charge in [-0.25, -0.2) is 4.39 Å². The summed E-state index contributed by atoms with van der Waals surface area (Å²) in [6.45, 7) is 4.95. The number of benzene rings is 2. The molecule has 0 unspecified atom stereocenters. The molecule has 26 heavy (non-hydrogen) atoms. The van der Waals surface area contributed by atoms with Crippen molar-refractivity contribution in [2.75, 3.05) is 51.8 Å². The highest BCUT2D eigenvalue weighted by Gasteiger charge is 2.18. The summed E-state index contributed by atoms with van der Waals surface area (Å²) in [5.74, 6) is 0.862. The van der Waals surface area contributed by atoms with Crippen LogP contribution in [0, 0.1) is 5.82 Å². The van der Waals surface area contributed by atoms with Gasteiger partial charge in [0, 0.05) is 44.5 Å². The quantitative estimate of drug-likeness (QED) is 0.702. The lowest BCUT2D eigenvalue weighted by Crippen LogP contribution is -2.47. The molecule has 0 aliphatic carbocycles. The van der Waals surface area contributed by atoms with Crippen molar-refractivity contribution >= 4 is 21.6 Å². The van der Waals surface area contributed by atoms with Gasteiger partial charge in [-0.15, -0.1) is 0 Å². The number of methoxy groups -OCH3 is 2. The van der Waals surface area contributed by atoms with Crippen LogP contribution in [0.2, 0.25) is 0 Å². The Morgan fingerprint density at radius 1 is 0.962 bits per heavy atom. The van der Waals surface area contributed by atoms with Crippen molar-refractivity contribution in [3.63, 3.8) is 0 Å². The first-order valence-corrected chi connectivity index (χ1v) is 9.53. The van der Waals surface area contributed by atoms with Gasteiger partial charge in [0.25, 0.3) is 0 Å². The minimum absolute atomic E-state index is 0.310. The van der Waals surface area contributed by atoms with Gasteiger partial charge in [0.15, 0.2) is 11.6 Å². The predicted octanol–water partition coefficient (Wildman–Crippen LogP) is 3.97. The van der Waals surface area contributed by atoms with Gasteiger partial charge in [-0.1, -0.05) is 6.07 Å². The van der Waals surface area contributed by atoms with Crippen LogP contribution in [-0.4, -0.2) is 51.8 Å². The summed E-state index contributed by atoms with van der Waals surface area (Å²) in [7, 11) is 3.19. The Kier molecular flexibility index (Phi) is 6.38. The van der Waals surface area contributed by atoms with E-state index in [4.69, 9.17) is 9.47 Å². The topological polar surface area (TPSA) is 24.9 Å². The summed E-state index contributed by atoms with van der Waals surface area (Å²) < 4.78 is 24.9. The monoisotopic (exact) mass is 422 g/mol. The first-order chi connectivity index (χ1) is 12.6. The zero-order valence-electron chi connectivity index (χ0n) is 15.2. The molecule has 0 aromatic heterocycles. The molecule has 4 nitrogen and oxygen atoms in total. The largest absolute Gasteiger partial charge is 0.495 e. The first kappa shape index (κ1) is 19.0.